The molecule has 1 fully saturated rings. The number of nitrogens with zero attached hydrogens (tertiary/aromatic N) is 3. The first kappa shape index (κ1) is 15.2. The lowest BCUT2D eigenvalue weighted by atomic mass is 10.2. The fourth-order valence-corrected chi connectivity index (χ4v) is 2.53. The van der Waals surface area contributed by atoms with Gasteiger partial charge in [-0.1, -0.05) is 18.2 Å². The van der Waals surface area contributed by atoms with Gasteiger partial charge < -0.3 is 14.5 Å². The summed E-state index contributed by atoms with van der Waals surface area (Å²) in [7, 11) is 0. The maximum absolute atomic E-state index is 14.1. The highest BCUT2D eigenvalue weighted by Gasteiger charge is 2.20. The minimum atomic E-state index is -0.615. The van der Waals surface area contributed by atoms with E-state index in [0.717, 1.165) is 11.8 Å². The summed E-state index contributed by atoms with van der Waals surface area (Å²) in [5.41, 5.74) is 1.09. The Bertz CT molecular complexity index is 696. The van der Waals surface area contributed by atoms with Crippen molar-refractivity contribution >= 4 is 17.1 Å². The standard InChI is InChI=1S/C16H16FN3O3/c17-15-10-14(20(21)22)6-7-16(15)19-9-8-18(11-23-12-19)13-4-2-1-3-5-13/h1-7,10H,8-9,11-12H2. The number of hydrogen-bond donors (Lipinski definition) is 0. The van der Waals surface area contributed by atoms with Crippen LogP contribution in [0.3, 0.4) is 0 Å². The summed E-state index contributed by atoms with van der Waals surface area (Å²) >= 11 is 0. The van der Waals surface area contributed by atoms with E-state index in [2.05, 4.69) is 4.90 Å². The highest BCUT2D eigenvalue weighted by atomic mass is 19.1. The number of para-hydroxylation sites is 1. The molecular weight excluding hydrogens is 301 g/mol. The number of non-ortho nitro benzene ring substituents is 1. The summed E-state index contributed by atoms with van der Waals surface area (Å²) < 4.78 is 19.7. The second kappa shape index (κ2) is 6.62. The van der Waals surface area contributed by atoms with Crippen molar-refractivity contribution in [1.29, 1.82) is 0 Å². The summed E-state index contributed by atoms with van der Waals surface area (Å²) in [5, 5.41) is 10.7. The average molecular weight is 317 g/mol. The Hall–Kier alpha value is -2.67. The van der Waals surface area contributed by atoms with Crippen molar-refractivity contribution in [3.8, 4) is 0 Å². The second-order valence-corrected chi connectivity index (χ2v) is 5.22. The maximum atomic E-state index is 14.1. The van der Waals surface area contributed by atoms with Crippen molar-refractivity contribution in [1.82, 2.24) is 0 Å². The molecule has 0 radical (unpaired) electrons. The van der Waals surface area contributed by atoms with Gasteiger partial charge in [-0.2, -0.15) is 0 Å². The lowest BCUT2D eigenvalue weighted by Crippen LogP contribution is -2.31. The molecular formula is C16H16FN3O3. The second-order valence-electron chi connectivity index (χ2n) is 5.22. The van der Waals surface area contributed by atoms with Crippen LogP contribution in [0.4, 0.5) is 21.5 Å². The largest absolute Gasteiger partial charge is 0.347 e. The molecule has 1 aliphatic rings. The molecule has 1 aliphatic heterocycles. The van der Waals surface area contributed by atoms with Crippen LogP contribution < -0.4 is 9.80 Å². The normalized spacial score (nSPS) is 15.3. The summed E-state index contributed by atoms with van der Waals surface area (Å²) in [6.45, 7) is 1.87. The molecule has 1 saturated heterocycles. The van der Waals surface area contributed by atoms with Crippen LogP contribution in [-0.2, 0) is 4.74 Å². The first-order valence-corrected chi connectivity index (χ1v) is 7.22. The molecule has 0 saturated carbocycles. The van der Waals surface area contributed by atoms with Gasteiger partial charge in [-0.25, -0.2) is 4.39 Å². The molecule has 1 heterocycles. The molecule has 120 valence electrons. The van der Waals surface area contributed by atoms with E-state index in [1.807, 2.05) is 30.3 Å². The summed E-state index contributed by atoms with van der Waals surface area (Å²) in [5.74, 6) is -0.615. The number of ether oxygens (including phenoxy) is 1. The zero-order valence-electron chi connectivity index (χ0n) is 12.4. The number of nitro benzene ring substituents is 1. The van der Waals surface area contributed by atoms with E-state index in [-0.39, 0.29) is 12.4 Å². The lowest BCUT2D eigenvalue weighted by molar-refractivity contribution is -0.385. The van der Waals surface area contributed by atoms with Gasteiger partial charge in [0, 0.05) is 24.8 Å². The van der Waals surface area contributed by atoms with Crippen LogP contribution >= 0.6 is 0 Å². The molecule has 0 aliphatic carbocycles. The Balaban J connectivity index is 1.74. The van der Waals surface area contributed by atoms with Gasteiger partial charge in [0.25, 0.3) is 5.69 Å². The first-order chi connectivity index (χ1) is 11.1. The molecule has 7 heteroatoms. The first-order valence-electron chi connectivity index (χ1n) is 7.22. The van der Waals surface area contributed by atoms with Crippen molar-refractivity contribution < 1.29 is 14.1 Å². The molecule has 0 unspecified atom stereocenters. The van der Waals surface area contributed by atoms with Crippen molar-refractivity contribution in [3.63, 3.8) is 0 Å². The van der Waals surface area contributed by atoms with E-state index >= 15 is 0 Å². The fraction of sp³-hybridized carbons (Fsp3) is 0.250. The minimum Gasteiger partial charge on any atom is -0.347 e. The molecule has 0 aromatic heterocycles. The Morgan fingerprint density at radius 3 is 2.43 bits per heavy atom. The van der Waals surface area contributed by atoms with Gasteiger partial charge in [0.05, 0.1) is 16.7 Å². The van der Waals surface area contributed by atoms with Crippen molar-refractivity contribution in [2.24, 2.45) is 0 Å². The highest BCUT2D eigenvalue weighted by molar-refractivity contribution is 5.53. The van der Waals surface area contributed by atoms with Crippen LogP contribution in [0.5, 0.6) is 0 Å². The number of benzene rings is 2. The van der Waals surface area contributed by atoms with E-state index in [4.69, 9.17) is 4.74 Å². The molecule has 0 atom stereocenters. The molecule has 2 aromatic carbocycles. The zero-order chi connectivity index (χ0) is 16.2. The molecule has 0 amide bonds. The van der Waals surface area contributed by atoms with Crippen LogP contribution in [0, 0.1) is 15.9 Å². The van der Waals surface area contributed by atoms with Gasteiger partial charge in [-0.15, -0.1) is 0 Å². The van der Waals surface area contributed by atoms with E-state index in [9.17, 15) is 14.5 Å². The monoisotopic (exact) mass is 317 g/mol. The predicted octanol–water partition coefficient (Wildman–Crippen LogP) is 2.99. The van der Waals surface area contributed by atoms with Crippen molar-refractivity contribution in [3.05, 3.63) is 64.5 Å². The Kier molecular flexibility index (Phi) is 4.38. The molecule has 23 heavy (non-hydrogen) atoms. The lowest BCUT2D eigenvalue weighted by Gasteiger charge is -2.23. The topological polar surface area (TPSA) is 58.9 Å². The van der Waals surface area contributed by atoms with Gasteiger partial charge in [0.2, 0.25) is 0 Å². The SMILES string of the molecule is O=[N+]([O-])c1ccc(N2CCN(c3ccccc3)COC2)c(F)c1. The molecule has 0 bridgehead atoms. The molecule has 3 rings (SSSR count). The van der Waals surface area contributed by atoms with Crippen LogP contribution in [0.1, 0.15) is 0 Å². The van der Waals surface area contributed by atoms with Crippen molar-refractivity contribution in [2.45, 2.75) is 0 Å². The third-order valence-electron chi connectivity index (χ3n) is 3.74. The van der Waals surface area contributed by atoms with Crippen LogP contribution in [0.25, 0.3) is 0 Å². The Morgan fingerprint density at radius 1 is 1.04 bits per heavy atom. The van der Waals surface area contributed by atoms with Gasteiger partial charge in [0.15, 0.2) is 5.82 Å². The van der Waals surface area contributed by atoms with Gasteiger partial charge in [-0.3, -0.25) is 10.1 Å². The Morgan fingerprint density at radius 2 is 1.74 bits per heavy atom. The smallest absolute Gasteiger partial charge is 0.272 e. The molecule has 6 nitrogen and oxygen atoms in total. The zero-order valence-corrected chi connectivity index (χ0v) is 12.4. The quantitative estimate of drug-likeness (QED) is 0.643. The number of halogens is 1. The van der Waals surface area contributed by atoms with Crippen molar-refractivity contribution in [2.75, 3.05) is 36.4 Å². The van der Waals surface area contributed by atoms with E-state index in [0.29, 0.717) is 25.5 Å². The highest BCUT2D eigenvalue weighted by Crippen LogP contribution is 2.25. The van der Waals surface area contributed by atoms with E-state index < -0.39 is 10.7 Å². The average Bonchev–Trinajstić information content (AvgIpc) is 2.81. The van der Waals surface area contributed by atoms with E-state index in [1.165, 1.54) is 12.1 Å². The number of anilines is 2. The van der Waals surface area contributed by atoms with Crippen LogP contribution in [0.2, 0.25) is 0 Å². The fourth-order valence-electron chi connectivity index (χ4n) is 2.53. The summed E-state index contributed by atoms with van der Waals surface area (Å²) in [4.78, 5) is 13.9. The number of hydrogen-bond acceptors (Lipinski definition) is 5. The van der Waals surface area contributed by atoms with E-state index in [1.54, 1.807) is 4.90 Å². The van der Waals surface area contributed by atoms with Gasteiger partial charge >= 0.3 is 0 Å². The molecule has 0 spiro atoms. The minimum absolute atomic E-state index is 0.234. The number of rotatable bonds is 3. The predicted molar refractivity (Wildman–Crippen MR) is 85.0 cm³/mol. The van der Waals surface area contributed by atoms with Gasteiger partial charge in [0.1, 0.15) is 13.5 Å². The van der Waals surface area contributed by atoms with Crippen LogP contribution in [0.15, 0.2) is 48.5 Å². The Labute approximate surface area is 132 Å². The summed E-state index contributed by atoms with van der Waals surface area (Å²) in [6.07, 6.45) is 0. The number of nitro groups is 1. The third-order valence-corrected chi connectivity index (χ3v) is 3.74. The molecule has 0 N–H and O–H groups in total. The maximum Gasteiger partial charge on any atom is 0.272 e. The summed E-state index contributed by atoms with van der Waals surface area (Å²) in [6, 6.07) is 13.5. The van der Waals surface area contributed by atoms with Crippen LogP contribution in [-0.4, -0.2) is 31.5 Å². The van der Waals surface area contributed by atoms with Gasteiger partial charge in [-0.05, 0) is 18.2 Å². The third kappa shape index (κ3) is 3.40. The molecule has 2 aromatic rings.